The molecule has 0 radical (unpaired) electrons. The number of nitrogens with zero attached hydrogens (tertiary/aromatic N) is 2. The van der Waals surface area contributed by atoms with Crippen molar-refractivity contribution >= 4 is 5.91 Å². The van der Waals surface area contributed by atoms with Crippen molar-refractivity contribution in [1.82, 2.24) is 10.2 Å². The van der Waals surface area contributed by atoms with Crippen LogP contribution in [0.3, 0.4) is 0 Å². The number of methoxy groups -OCH3 is 1. The number of rotatable bonds is 2. The number of benzene rings is 1. The Bertz CT molecular complexity index is 527. The number of piperazine rings is 1. The van der Waals surface area contributed by atoms with Gasteiger partial charge < -0.3 is 15.0 Å². The molecule has 0 saturated carbocycles. The number of carbonyl (C=O) groups excluding carboxylic acids is 1. The Balaban J connectivity index is 2.23. The van der Waals surface area contributed by atoms with Crippen LogP contribution in [-0.2, 0) is 0 Å². The van der Waals surface area contributed by atoms with Crippen LogP contribution in [0.15, 0.2) is 18.2 Å². The van der Waals surface area contributed by atoms with E-state index in [0.29, 0.717) is 19.6 Å². The number of nitrogens with one attached hydrogen (secondary N) is 1. The quantitative estimate of drug-likeness (QED) is 0.856. The summed E-state index contributed by atoms with van der Waals surface area (Å²) in [5.74, 6) is -0.833. The molecule has 2 rings (SSSR count). The van der Waals surface area contributed by atoms with Gasteiger partial charge in [0.05, 0.1) is 13.2 Å². The Labute approximate surface area is 110 Å². The topological polar surface area (TPSA) is 65.4 Å². The molecule has 5 nitrogen and oxygen atoms in total. The Kier molecular flexibility index (Phi) is 3.97. The van der Waals surface area contributed by atoms with Crippen molar-refractivity contribution in [3.05, 3.63) is 29.6 Å². The van der Waals surface area contributed by atoms with Crippen LogP contribution in [0.2, 0.25) is 0 Å². The van der Waals surface area contributed by atoms with E-state index in [1.807, 2.05) is 0 Å². The predicted octanol–water partition coefficient (Wildman–Crippen LogP) is 0.772. The van der Waals surface area contributed by atoms with Crippen molar-refractivity contribution in [2.75, 3.05) is 26.7 Å². The van der Waals surface area contributed by atoms with Crippen LogP contribution in [0.5, 0.6) is 5.75 Å². The van der Waals surface area contributed by atoms with Gasteiger partial charge in [0.25, 0.3) is 5.91 Å². The number of halogens is 1. The summed E-state index contributed by atoms with van der Waals surface area (Å²) in [7, 11) is 1.36. The average molecular weight is 263 g/mol. The second kappa shape index (κ2) is 5.67. The minimum atomic E-state index is -0.586. The Morgan fingerprint density at radius 2 is 2.42 bits per heavy atom. The maximum absolute atomic E-state index is 13.6. The van der Waals surface area contributed by atoms with Crippen molar-refractivity contribution in [2.24, 2.45) is 0 Å². The number of nitriles is 1. The van der Waals surface area contributed by atoms with Gasteiger partial charge in [-0.05, 0) is 18.2 Å². The van der Waals surface area contributed by atoms with Gasteiger partial charge >= 0.3 is 0 Å². The monoisotopic (exact) mass is 263 g/mol. The highest BCUT2D eigenvalue weighted by molar-refractivity contribution is 5.94. The zero-order valence-corrected chi connectivity index (χ0v) is 10.5. The van der Waals surface area contributed by atoms with Crippen LogP contribution in [-0.4, -0.2) is 43.6 Å². The fourth-order valence-corrected chi connectivity index (χ4v) is 2.03. The fraction of sp³-hybridized carbons (Fsp3) is 0.385. The number of hydrogen-bond acceptors (Lipinski definition) is 4. The number of ether oxygens (including phenoxy) is 1. The molecule has 1 atom stereocenters. The molecule has 1 N–H and O–H groups in total. The molecule has 1 saturated heterocycles. The lowest BCUT2D eigenvalue weighted by Gasteiger charge is -2.32. The van der Waals surface area contributed by atoms with Crippen LogP contribution in [0.1, 0.15) is 10.4 Å². The second-order valence-corrected chi connectivity index (χ2v) is 4.20. The molecule has 0 aromatic heterocycles. The van der Waals surface area contributed by atoms with E-state index in [2.05, 4.69) is 11.4 Å². The molecule has 6 heteroatoms. The SMILES string of the molecule is COc1ccc(C(=O)N2CCNCC2C#N)cc1F. The summed E-state index contributed by atoms with van der Waals surface area (Å²) in [4.78, 5) is 13.7. The molecule has 19 heavy (non-hydrogen) atoms. The first kappa shape index (κ1) is 13.3. The molecule has 1 unspecified atom stereocenters. The zero-order chi connectivity index (χ0) is 13.8. The molecule has 1 fully saturated rings. The van der Waals surface area contributed by atoms with Gasteiger partial charge in [0.1, 0.15) is 6.04 Å². The van der Waals surface area contributed by atoms with E-state index in [-0.39, 0.29) is 17.2 Å². The molecular formula is C13H14FN3O2. The average Bonchev–Trinajstić information content (AvgIpc) is 2.46. The van der Waals surface area contributed by atoms with Gasteiger partial charge in [0.15, 0.2) is 11.6 Å². The molecule has 1 aliphatic heterocycles. The third kappa shape index (κ3) is 2.66. The zero-order valence-electron chi connectivity index (χ0n) is 10.5. The molecule has 1 amide bonds. The van der Waals surface area contributed by atoms with Crippen molar-refractivity contribution in [1.29, 1.82) is 5.26 Å². The molecule has 1 aliphatic rings. The summed E-state index contributed by atoms with van der Waals surface area (Å²) in [6.07, 6.45) is 0. The minimum Gasteiger partial charge on any atom is -0.494 e. The summed E-state index contributed by atoms with van der Waals surface area (Å²) >= 11 is 0. The largest absolute Gasteiger partial charge is 0.494 e. The molecule has 1 heterocycles. The molecule has 1 aromatic rings. The number of carbonyl (C=O) groups is 1. The normalized spacial score (nSPS) is 18.8. The van der Waals surface area contributed by atoms with Crippen molar-refractivity contribution in [3.63, 3.8) is 0 Å². The van der Waals surface area contributed by atoms with E-state index >= 15 is 0 Å². The van der Waals surface area contributed by atoms with Gasteiger partial charge in [-0.15, -0.1) is 0 Å². The summed E-state index contributed by atoms with van der Waals surface area (Å²) < 4.78 is 18.4. The number of hydrogen-bond donors (Lipinski definition) is 1. The lowest BCUT2D eigenvalue weighted by Crippen LogP contribution is -2.53. The van der Waals surface area contributed by atoms with E-state index in [1.165, 1.54) is 24.1 Å². The highest BCUT2D eigenvalue weighted by Gasteiger charge is 2.27. The number of amides is 1. The van der Waals surface area contributed by atoms with Crippen LogP contribution >= 0.6 is 0 Å². The summed E-state index contributed by atoms with van der Waals surface area (Å²) in [5.41, 5.74) is 0.223. The molecular weight excluding hydrogens is 249 g/mol. The lowest BCUT2D eigenvalue weighted by molar-refractivity contribution is 0.0686. The summed E-state index contributed by atoms with van der Waals surface area (Å²) in [6, 6.07) is 5.59. The van der Waals surface area contributed by atoms with Crippen molar-refractivity contribution in [3.8, 4) is 11.8 Å². The molecule has 0 aliphatic carbocycles. The van der Waals surface area contributed by atoms with E-state index in [0.717, 1.165) is 6.07 Å². The molecule has 0 bridgehead atoms. The highest BCUT2D eigenvalue weighted by Crippen LogP contribution is 2.19. The second-order valence-electron chi connectivity index (χ2n) is 4.20. The molecule has 1 aromatic carbocycles. The van der Waals surface area contributed by atoms with E-state index in [9.17, 15) is 9.18 Å². The molecule has 100 valence electrons. The van der Waals surface area contributed by atoms with Crippen molar-refractivity contribution in [2.45, 2.75) is 6.04 Å². The van der Waals surface area contributed by atoms with Crippen LogP contribution < -0.4 is 10.1 Å². The van der Waals surface area contributed by atoms with Gasteiger partial charge in [-0.1, -0.05) is 0 Å². The van der Waals surface area contributed by atoms with Gasteiger partial charge in [-0.25, -0.2) is 4.39 Å². The smallest absolute Gasteiger partial charge is 0.255 e. The van der Waals surface area contributed by atoms with Gasteiger partial charge in [-0.3, -0.25) is 4.79 Å². The lowest BCUT2D eigenvalue weighted by atomic mass is 10.1. The van der Waals surface area contributed by atoms with E-state index in [1.54, 1.807) is 0 Å². The Hall–Kier alpha value is -2.13. The predicted molar refractivity (Wildman–Crippen MR) is 66.3 cm³/mol. The van der Waals surface area contributed by atoms with E-state index in [4.69, 9.17) is 10.00 Å². The summed E-state index contributed by atoms with van der Waals surface area (Å²) in [5, 5.41) is 12.1. The van der Waals surface area contributed by atoms with Crippen molar-refractivity contribution < 1.29 is 13.9 Å². The van der Waals surface area contributed by atoms with Crippen LogP contribution in [0.4, 0.5) is 4.39 Å². The standard InChI is InChI=1S/C13H14FN3O2/c1-19-12-3-2-9(6-11(12)14)13(18)17-5-4-16-8-10(17)7-15/h2-3,6,10,16H,4-5,8H2,1H3. The van der Waals surface area contributed by atoms with Gasteiger partial charge in [0.2, 0.25) is 0 Å². The Morgan fingerprint density at radius 3 is 3.05 bits per heavy atom. The fourth-order valence-electron chi connectivity index (χ4n) is 2.03. The Morgan fingerprint density at radius 1 is 1.63 bits per heavy atom. The third-order valence-corrected chi connectivity index (χ3v) is 3.05. The van der Waals surface area contributed by atoms with Gasteiger partial charge in [-0.2, -0.15) is 5.26 Å². The summed E-state index contributed by atoms with van der Waals surface area (Å²) in [6.45, 7) is 1.49. The maximum Gasteiger partial charge on any atom is 0.255 e. The molecule has 0 spiro atoms. The first-order chi connectivity index (χ1) is 9.17. The minimum absolute atomic E-state index is 0.0914. The maximum atomic E-state index is 13.6. The van der Waals surface area contributed by atoms with E-state index < -0.39 is 11.9 Å². The highest BCUT2D eigenvalue weighted by atomic mass is 19.1. The van der Waals surface area contributed by atoms with Crippen LogP contribution in [0, 0.1) is 17.1 Å². The third-order valence-electron chi connectivity index (χ3n) is 3.05. The van der Waals surface area contributed by atoms with Gasteiger partial charge in [0, 0.05) is 25.2 Å². The first-order valence-electron chi connectivity index (χ1n) is 5.92. The first-order valence-corrected chi connectivity index (χ1v) is 5.92. The van der Waals surface area contributed by atoms with Crippen LogP contribution in [0.25, 0.3) is 0 Å².